The fraction of sp³-hybridized carbons (Fsp3) is 0.333. The van der Waals surface area contributed by atoms with Crippen molar-refractivity contribution < 1.29 is 8.42 Å². The van der Waals surface area contributed by atoms with Gasteiger partial charge in [0.2, 0.25) is 0 Å². The Kier molecular flexibility index (Phi) is 2.24. The molecule has 1 aliphatic rings. The van der Waals surface area contributed by atoms with Crippen LogP contribution in [0, 0.1) is 0 Å². The van der Waals surface area contributed by atoms with Gasteiger partial charge in [-0.25, -0.2) is 8.42 Å². The van der Waals surface area contributed by atoms with Gasteiger partial charge in [0.15, 0.2) is 10.7 Å². The summed E-state index contributed by atoms with van der Waals surface area (Å²) in [4.78, 5) is 0.372. The molecule has 0 aromatic carbocycles. The summed E-state index contributed by atoms with van der Waals surface area (Å²) in [5.41, 5.74) is 5.47. The Balaban J connectivity index is 2.77. The summed E-state index contributed by atoms with van der Waals surface area (Å²) < 4.78 is 20.7. The lowest BCUT2D eigenvalue weighted by atomic mass is 10.1. The monoisotopic (exact) mass is 159 g/mol. The Hall–Kier alpha value is -0.610. The van der Waals surface area contributed by atoms with Gasteiger partial charge in [0, 0.05) is 6.04 Å². The number of hydrogen-bond donors (Lipinski definition) is 2. The maximum absolute atomic E-state index is 10.3. The minimum absolute atomic E-state index is 0.0151. The van der Waals surface area contributed by atoms with Crippen LogP contribution in [0.25, 0.3) is 0 Å². The van der Waals surface area contributed by atoms with Crippen LogP contribution in [0.1, 0.15) is 6.42 Å². The molecule has 3 nitrogen and oxygen atoms in total. The fourth-order valence-electron chi connectivity index (χ4n) is 0.761. The molecule has 1 aliphatic carbocycles. The fourth-order valence-corrected chi connectivity index (χ4v) is 1.22. The number of rotatable bonds is 1. The van der Waals surface area contributed by atoms with Crippen LogP contribution in [0.5, 0.6) is 0 Å². The zero-order valence-electron chi connectivity index (χ0n) is 5.36. The summed E-state index contributed by atoms with van der Waals surface area (Å²) >= 11 is 0. The van der Waals surface area contributed by atoms with Gasteiger partial charge in [-0.2, -0.15) is 0 Å². The van der Waals surface area contributed by atoms with Crippen molar-refractivity contribution in [3.05, 3.63) is 23.1 Å². The summed E-state index contributed by atoms with van der Waals surface area (Å²) in [5.74, 6) is 0. The zero-order valence-corrected chi connectivity index (χ0v) is 6.25. The van der Waals surface area contributed by atoms with E-state index in [1.54, 1.807) is 18.2 Å². The molecular weight excluding hydrogens is 150 g/mol. The molecule has 0 radical (unpaired) electrons. The Morgan fingerprint density at radius 3 is 2.70 bits per heavy atom. The molecule has 0 saturated carbocycles. The second-order valence-electron chi connectivity index (χ2n) is 2.14. The molecule has 0 bridgehead atoms. The van der Waals surface area contributed by atoms with Crippen molar-refractivity contribution in [2.24, 2.45) is 5.73 Å². The highest BCUT2D eigenvalue weighted by Crippen LogP contribution is 2.08. The van der Waals surface area contributed by atoms with Gasteiger partial charge in [0.05, 0.1) is 4.91 Å². The Morgan fingerprint density at radius 2 is 2.30 bits per heavy atom. The largest absolute Gasteiger partial charge is 0.324 e. The highest BCUT2D eigenvalue weighted by molar-refractivity contribution is 7.77. The number of allylic oxidation sites excluding steroid dienone is 1. The van der Waals surface area contributed by atoms with E-state index in [2.05, 4.69) is 0 Å². The second-order valence-corrected chi connectivity index (χ2v) is 3.18. The van der Waals surface area contributed by atoms with Crippen molar-refractivity contribution in [2.75, 3.05) is 0 Å². The Bertz CT molecular complexity index is 244. The van der Waals surface area contributed by atoms with E-state index in [4.69, 9.17) is 5.73 Å². The first kappa shape index (κ1) is 7.50. The van der Waals surface area contributed by atoms with Crippen molar-refractivity contribution in [3.8, 4) is 0 Å². The van der Waals surface area contributed by atoms with Crippen molar-refractivity contribution in [2.45, 2.75) is 12.5 Å². The molecule has 10 heavy (non-hydrogen) atoms. The molecule has 0 aromatic rings. The van der Waals surface area contributed by atoms with Crippen LogP contribution in [-0.4, -0.2) is 14.5 Å². The summed E-state index contributed by atoms with van der Waals surface area (Å²) in [6.07, 6.45) is 5.49. The average Bonchev–Trinajstić information content (AvgIpc) is 1.88. The minimum atomic E-state index is -2.42. The lowest BCUT2D eigenvalue weighted by Gasteiger charge is -2.06. The molecule has 0 amide bonds. The molecule has 0 heterocycles. The van der Waals surface area contributed by atoms with Gasteiger partial charge in [0.25, 0.3) is 0 Å². The number of nitrogens with two attached hydrogens (primary N) is 1. The molecule has 1 atom stereocenters. The maximum atomic E-state index is 10.3. The first-order valence-electron chi connectivity index (χ1n) is 2.98. The predicted octanol–water partition coefficient (Wildman–Crippen LogP) is -0.231. The van der Waals surface area contributed by atoms with E-state index in [1.807, 2.05) is 0 Å². The van der Waals surface area contributed by atoms with Crippen LogP contribution < -0.4 is 5.73 Å². The second kappa shape index (κ2) is 2.98. The maximum Gasteiger partial charge on any atom is 0.167 e. The first-order chi connectivity index (χ1) is 4.70. The van der Waals surface area contributed by atoms with Gasteiger partial charge in [0.1, 0.15) is 0 Å². The average molecular weight is 159 g/mol. The molecular formula is C6H9NO2S. The van der Waals surface area contributed by atoms with Crippen molar-refractivity contribution >= 4 is 10.7 Å². The van der Waals surface area contributed by atoms with Crippen molar-refractivity contribution in [3.63, 3.8) is 0 Å². The minimum Gasteiger partial charge on any atom is -0.324 e. The van der Waals surface area contributed by atoms with E-state index in [1.165, 1.54) is 0 Å². The molecule has 0 aliphatic heterocycles. The third kappa shape index (κ3) is 1.68. The lowest BCUT2D eigenvalue weighted by molar-refractivity contribution is 0.620. The van der Waals surface area contributed by atoms with Crippen LogP contribution in [0.2, 0.25) is 0 Å². The highest BCUT2D eigenvalue weighted by atomic mass is 32.2. The van der Waals surface area contributed by atoms with Crippen LogP contribution in [0.4, 0.5) is 0 Å². The van der Waals surface area contributed by atoms with E-state index in [9.17, 15) is 8.42 Å². The van der Waals surface area contributed by atoms with Crippen molar-refractivity contribution in [1.29, 1.82) is 0 Å². The third-order valence-electron chi connectivity index (χ3n) is 1.32. The summed E-state index contributed by atoms with van der Waals surface area (Å²) in [6.45, 7) is 0. The van der Waals surface area contributed by atoms with Gasteiger partial charge in [-0.1, -0.05) is 12.2 Å². The van der Waals surface area contributed by atoms with Gasteiger partial charge in [-0.3, -0.25) is 0 Å². The van der Waals surface area contributed by atoms with E-state index < -0.39 is 10.7 Å². The van der Waals surface area contributed by atoms with E-state index in [0.717, 1.165) is 0 Å². The molecule has 0 saturated heterocycles. The van der Waals surface area contributed by atoms with Crippen LogP contribution in [-0.2, 0) is 10.7 Å². The molecule has 56 valence electrons. The van der Waals surface area contributed by atoms with Gasteiger partial charge < -0.3 is 5.73 Å². The SMILES string of the molecule is NC1C=CC([SH](=O)=O)=CC1. The highest BCUT2D eigenvalue weighted by Gasteiger charge is 2.03. The van der Waals surface area contributed by atoms with Crippen LogP contribution in [0.3, 0.4) is 0 Å². The molecule has 0 spiro atoms. The first-order valence-corrected chi connectivity index (χ1v) is 4.16. The quantitative estimate of drug-likeness (QED) is 0.519. The van der Waals surface area contributed by atoms with Gasteiger partial charge >= 0.3 is 0 Å². The molecule has 0 aromatic heterocycles. The summed E-state index contributed by atoms with van der Waals surface area (Å²) in [5, 5.41) is 0. The topological polar surface area (TPSA) is 60.2 Å². The Labute approximate surface area is 61.2 Å². The van der Waals surface area contributed by atoms with Crippen LogP contribution >= 0.6 is 0 Å². The summed E-state index contributed by atoms with van der Waals surface area (Å²) in [6, 6.07) is -0.0151. The lowest BCUT2D eigenvalue weighted by Crippen LogP contribution is -2.17. The van der Waals surface area contributed by atoms with Crippen molar-refractivity contribution in [1.82, 2.24) is 0 Å². The number of thiol groups is 1. The molecule has 1 rings (SSSR count). The standard InChI is InChI=1S/C6H9NO2S/c7-5-1-3-6(4-2-5)10(8)9/h1,3-5,10H,2,7H2. The molecule has 1 unspecified atom stereocenters. The third-order valence-corrected chi connectivity index (χ3v) is 2.08. The zero-order chi connectivity index (χ0) is 7.56. The number of hydrogen-bond acceptors (Lipinski definition) is 3. The van der Waals surface area contributed by atoms with E-state index >= 15 is 0 Å². The van der Waals surface area contributed by atoms with E-state index in [-0.39, 0.29) is 6.04 Å². The van der Waals surface area contributed by atoms with E-state index in [0.29, 0.717) is 11.3 Å². The van der Waals surface area contributed by atoms with Gasteiger partial charge in [-0.05, 0) is 12.5 Å². The smallest absolute Gasteiger partial charge is 0.167 e. The predicted molar refractivity (Wildman–Crippen MR) is 40.1 cm³/mol. The van der Waals surface area contributed by atoms with Crippen LogP contribution in [0.15, 0.2) is 23.1 Å². The molecule has 4 heteroatoms. The van der Waals surface area contributed by atoms with Gasteiger partial charge in [-0.15, -0.1) is 0 Å². The normalized spacial score (nSPS) is 25.0. The Morgan fingerprint density at radius 1 is 1.60 bits per heavy atom. The molecule has 0 fully saturated rings. The summed E-state index contributed by atoms with van der Waals surface area (Å²) in [7, 11) is -2.42. The molecule has 2 N–H and O–H groups in total.